The molecule has 1 fully saturated rings. The summed E-state index contributed by atoms with van der Waals surface area (Å²) in [4.78, 5) is 2.40. The molecule has 1 rings (SSSR count). The molecule has 1 aliphatic heterocycles. The van der Waals surface area contributed by atoms with Crippen LogP contribution in [0.25, 0.3) is 0 Å². The molecule has 0 aliphatic carbocycles. The summed E-state index contributed by atoms with van der Waals surface area (Å²) < 4.78 is 0. The molecular formula is C9H20N2. The van der Waals surface area contributed by atoms with Crippen molar-refractivity contribution >= 4 is 0 Å². The van der Waals surface area contributed by atoms with E-state index in [-0.39, 0.29) is 0 Å². The number of nitrogens with zero attached hydrogens (tertiary/aromatic N) is 1. The van der Waals surface area contributed by atoms with Crippen molar-refractivity contribution in [2.24, 2.45) is 11.7 Å². The van der Waals surface area contributed by atoms with Gasteiger partial charge in [-0.3, -0.25) is 0 Å². The van der Waals surface area contributed by atoms with Crippen LogP contribution in [0.1, 0.15) is 26.7 Å². The molecule has 1 saturated heterocycles. The Morgan fingerprint density at radius 2 is 2.09 bits per heavy atom. The van der Waals surface area contributed by atoms with Crippen molar-refractivity contribution in [2.45, 2.75) is 38.8 Å². The summed E-state index contributed by atoms with van der Waals surface area (Å²) >= 11 is 0. The Kier molecular flexibility index (Phi) is 2.90. The lowest BCUT2D eigenvalue weighted by Crippen LogP contribution is -2.52. The molecule has 0 aromatic rings. The highest BCUT2D eigenvalue weighted by Gasteiger charge is 2.28. The van der Waals surface area contributed by atoms with Crippen LogP contribution in [0.5, 0.6) is 0 Å². The van der Waals surface area contributed by atoms with Crippen LogP contribution in [0.4, 0.5) is 0 Å². The van der Waals surface area contributed by atoms with Gasteiger partial charge in [0.2, 0.25) is 0 Å². The van der Waals surface area contributed by atoms with Gasteiger partial charge < -0.3 is 10.6 Å². The van der Waals surface area contributed by atoms with Gasteiger partial charge in [0.15, 0.2) is 0 Å². The Labute approximate surface area is 69.8 Å². The maximum absolute atomic E-state index is 6.03. The summed E-state index contributed by atoms with van der Waals surface area (Å²) in [6.45, 7) is 5.73. The highest BCUT2D eigenvalue weighted by atomic mass is 15.2. The van der Waals surface area contributed by atoms with Crippen molar-refractivity contribution in [2.75, 3.05) is 13.6 Å². The van der Waals surface area contributed by atoms with Crippen LogP contribution >= 0.6 is 0 Å². The van der Waals surface area contributed by atoms with Gasteiger partial charge in [0.1, 0.15) is 0 Å². The van der Waals surface area contributed by atoms with E-state index in [2.05, 4.69) is 25.8 Å². The van der Waals surface area contributed by atoms with Crippen LogP contribution in [0.2, 0.25) is 0 Å². The zero-order valence-electron chi connectivity index (χ0n) is 7.88. The van der Waals surface area contributed by atoms with Crippen LogP contribution in [-0.4, -0.2) is 30.6 Å². The Morgan fingerprint density at radius 3 is 2.45 bits per heavy atom. The van der Waals surface area contributed by atoms with E-state index in [4.69, 9.17) is 5.73 Å². The number of nitrogens with two attached hydrogens (primary N) is 1. The fourth-order valence-corrected chi connectivity index (χ4v) is 2.23. The van der Waals surface area contributed by atoms with Crippen molar-refractivity contribution in [3.63, 3.8) is 0 Å². The molecule has 0 aromatic carbocycles. The maximum atomic E-state index is 6.03. The zero-order valence-corrected chi connectivity index (χ0v) is 7.88. The third kappa shape index (κ3) is 1.94. The molecule has 2 unspecified atom stereocenters. The second kappa shape index (κ2) is 3.55. The molecule has 0 amide bonds. The smallest absolute Gasteiger partial charge is 0.0267 e. The largest absolute Gasteiger partial charge is 0.326 e. The highest BCUT2D eigenvalue weighted by molar-refractivity contribution is 4.86. The standard InChI is InChI=1S/C9H20N2/c1-7(2)9-8(10)5-4-6-11(9)3/h7-9H,4-6,10H2,1-3H3. The SMILES string of the molecule is CC(C)C1C(N)CCCN1C. The number of hydrogen-bond acceptors (Lipinski definition) is 2. The fourth-order valence-electron chi connectivity index (χ4n) is 2.23. The summed E-state index contributed by atoms with van der Waals surface area (Å²) in [5, 5.41) is 0. The van der Waals surface area contributed by atoms with E-state index in [0.29, 0.717) is 18.0 Å². The lowest BCUT2D eigenvalue weighted by Gasteiger charge is -2.39. The lowest BCUT2D eigenvalue weighted by atomic mass is 9.89. The van der Waals surface area contributed by atoms with Gasteiger partial charge in [-0.15, -0.1) is 0 Å². The normalized spacial score (nSPS) is 34.6. The highest BCUT2D eigenvalue weighted by Crippen LogP contribution is 2.20. The Morgan fingerprint density at radius 1 is 1.45 bits per heavy atom. The van der Waals surface area contributed by atoms with E-state index < -0.39 is 0 Å². The molecule has 0 saturated carbocycles. The molecule has 0 aromatic heterocycles. The van der Waals surface area contributed by atoms with Crippen molar-refractivity contribution in [3.05, 3.63) is 0 Å². The summed E-state index contributed by atoms with van der Waals surface area (Å²) in [5.74, 6) is 0.690. The number of likely N-dealkylation sites (N-methyl/N-ethyl adjacent to an activating group) is 1. The van der Waals surface area contributed by atoms with E-state index in [9.17, 15) is 0 Å². The van der Waals surface area contributed by atoms with Crippen LogP contribution in [-0.2, 0) is 0 Å². The monoisotopic (exact) mass is 156 g/mol. The first-order valence-corrected chi connectivity index (χ1v) is 4.58. The Balaban J connectivity index is 2.55. The molecule has 0 bridgehead atoms. The van der Waals surface area contributed by atoms with Gasteiger partial charge >= 0.3 is 0 Å². The molecule has 2 N–H and O–H groups in total. The number of piperidine rings is 1. The Bertz CT molecular complexity index is 113. The summed E-state index contributed by atoms with van der Waals surface area (Å²) in [6.07, 6.45) is 2.47. The lowest BCUT2D eigenvalue weighted by molar-refractivity contribution is 0.122. The minimum absolute atomic E-state index is 0.397. The first kappa shape index (κ1) is 9.01. The zero-order chi connectivity index (χ0) is 8.43. The molecule has 2 atom stereocenters. The maximum Gasteiger partial charge on any atom is 0.0267 e. The number of likely N-dealkylation sites (tertiary alicyclic amines) is 1. The molecular weight excluding hydrogens is 136 g/mol. The predicted molar refractivity (Wildman–Crippen MR) is 48.5 cm³/mol. The molecule has 0 spiro atoms. The number of rotatable bonds is 1. The van der Waals surface area contributed by atoms with Gasteiger partial charge in [0.25, 0.3) is 0 Å². The molecule has 0 radical (unpaired) electrons. The molecule has 66 valence electrons. The van der Waals surface area contributed by atoms with Gasteiger partial charge in [0, 0.05) is 12.1 Å². The molecule has 1 aliphatic rings. The molecule has 11 heavy (non-hydrogen) atoms. The van der Waals surface area contributed by atoms with Gasteiger partial charge in [-0.25, -0.2) is 0 Å². The van der Waals surface area contributed by atoms with E-state index in [1.807, 2.05) is 0 Å². The summed E-state index contributed by atoms with van der Waals surface area (Å²) in [6, 6.07) is 0.998. The van der Waals surface area contributed by atoms with Crippen molar-refractivity contribution in [1.82, 2.24) is 4.90 Å². The fraction of sp³-hybridized carbons (Fsp3) is 1.00. The second-order valence-electron chi connectivity index (χ2n) is 4.02. The first-order chi connectivity index (χ1) is 5.13. The van der Waals surface area contributed by atoms with Gasteiger partial charge in [0.05, 0.1) is 0 Å². The number of hydrogen-bond donors (Lipinski definition) is 1. The first-order valence-electron chi connectivity index (χ1n) is 4.58. The van der Waals surface area contributed by atoms with Gasteiger partial charge in [-0.05, 0) is 32.4 Å². The van der Waals surface area contributed by atoms with Crippen molar-refractivity contribution in [1.29, 1.82) is 0 Å². The minimum atomic E-state index is 0.397. The summed E-state index contributed by atoms with van der Waals surface area (Å²) in [5.41, 5.74) is 6.03. The average molecular weight is 156 g/mol. The van der Waals surface area contributed by atoms with E-state index in [1.54, 1.807) is 0 Å². The van der Waals surface area contributed by atoms with E-state index in [0.717, 1.165) is 0 Å². The van der Waals surface area contributed by atoms with Crippen molar-refractivity contribution < 1.29 is 0 Å². The van der Waals surface area contributed by atoms with Gasteiger partial charge in [-0.1, -0.05) is 13.8 Å². The third-order valence-electron chi connectivity index (χ3n) is 2.68. The van der Waals surface area contributed by atoms with Crippen LogP contribution in [0, 0.1) is 5.92 Å². The molecule has 2 nitrogen and oxygen atoms in total. The summed E-state index contributed by atoms with van der Waals surface area (Å²) in [7, 11) is 2.18. The average Bonchev–Trinajstić information content (AvgIpc) is 1.85. The minimum Gasteiger partial charge on any atom is -0.326 e. The molecule has 1 heterocycles. The quantitative estimate of drug-likeness (QED) is 0.615. The van der Waals surface area contributed by atoms with E-state index >= 15 is 0 Å². The predicted octanol–water partition coefficient (Wildman–Crippen LogP) is 1.06. The van der Waals surface area contributed by atoms with Crippen molar-refractivity contribution in [3.8, 4) is 0 Å². The third-order valence-corrected chi connectivity index (χ3v) is 2.68. The van der Waals surface area contributed by atoms with Crippen LogP contribution in [0.15, 0.2) is 0 Å². The Hall–Kier alpha value is -0.0800. The van der Waals surface area contributed by atoms with Crippen LogP contribution < -0.4 is 5.73 Å². The second-order valence-corrected chi connectivity index (χ2v) is 4.02. The molecule has 2 heteroatoms. The topological polar surface area (TPSA) is 29.3 Å². The van der Waals surface area contributed by atoms with Crippen LogP contribution in [0.3, 0.4) is 0 Å². The van der Waals surface area contributed by atoms with Gasteiger partial charge in [-0.2, -0.15) is 0 Å². The van der Waals surface area contributed by atoms with E-state index in [1.165, 1.54) is 19.4 Å².